The van der Waals surface area contributed by atoms with E-state index in [1.807, 2.05) is 36.4 Å². The van der Waals surface area contributed by atoms with Crippen molar-refractivity contribution >= 4 is 22.2 Å². The zero-order chi connectivity index (χ0) is 16.1. The summed E-state index contributed by atoms with van der Waals surface area (Å²) in [5.74, 6) is 1.06. The Labute approximate surface area is 136 Å². The number of ether oxygens (including phenoxy) is 1. The highest BCUT2D eigenvalue weighted by Crippen LogP contribution is 2.23. The minimum Gasteiger partial charge on any atom is -0.486 e. The van der Waals surface area contributed by atoms with E-state index in [1.54, 1.807) is 23.6 Å². The number of para-hydroxylation sites is 1. The van der Waals surface area contributed by atoms with Gasteiger partial charge in [-0.05, 0) is 35.7 Å². The van der Waals surface area contributed by atoms with Gasteiger partial charge < -0.3 is 14.5 Å². The molecular weight excluding hydrogens is 312 g/mol. The molecule has 0 fully saturated rings. The Kier molecular flexibility index (Phi) is 4.41. The summed E-state index contributed by atoms with van der Waals surface area (Å²) in [6, 6.07) is 16.3. The number of furan rings is 1. The topological polar surface area (TPSA) is 75.3 Å². The third-order valence-corrected chi connectivity index (χ3v) is 3.85. The van der Waals surface area contributed by atoms with Crippen LogP contribution in [-0.4, -0.2) is 5.91 Å². The fourth-order valence-corrected chi connectivity index (χ4v) is 2.64. The second-order valence-electron chi connectivity index (χ2n) is 4.60. The van der Waals surface area contributed by atoms with E-state index in [1.165, 1.54) is 11.3 Å². The van der Waals surface area contributed by atoms with Crippen molar-refractivity contribution in [2.45, 2.75) is 6.61 Å². The van der Waals surface area contributed by atoms with Gasteiger partial charge in [-0.2, -0.15) is 5.26 Å². The highest BCUT2D eigenvalue weighted by molar-refractivity contribution is 7.14. The molecule has 0 spiro atoms. The van der Waals surface area contributed by atoms with Gasteiger partial charge in [-0.15, -0.1) is 11.3 Å². The van der Waals surface area contributed by atoms with E-state index in [-0.39, 0.29) is 12.4 Å². The Balaban J connectivity index is 1.62. The first-order chi connectivity index (χ1) is 11.3. The molecule has 0 aliphatic rings. The second kappa shape index (κ2) is 6.81. The first-order valence-corrected chi connectivity index (χ1v) is 7.70. The zero-order valence-electron chi connectivity index (χ0n) is 12.0. The number of anilines is 1. The monoisotopic (exact) mass is 324 g/mol. The molecule has 0 saturated heterocycles. The van der Waals surface area contributed by atoms with Crippen LogP contribution in [0.5, 0.6) is 5.75 Å². The third-order valence-electron chi connectivity index (χ3n) is 3.02. The Morgan fingerprint density at radius 3 is 2.83 bits per heavy atom. The number of hydrogen-bond acceptors (Lipinski definition) is 5. The molecule has 2 aromatic heterocycles. The van der Waals surface area contributed by atoms with Crippen molar-refractivity contribution in [3.05, 3.63) is 71.0 Å². The van der Waals surface area contributed by atoms with Crippen LogP contribution < -0.4 is 10.1 Å². The first-order valence-electron chi connectivity index (χ1n) is 6.82. The van der Waals surface area contributed by atoms with Crippen molar-refractivity contribution in [3.63, 3.8) is 0 Å². The largest absolute Gasteiger partial charge is 0.486 e. The highest BCUT2D eigenvalue weighted by Gasteiger charge is 2.14. The van der Waals surface area contributed by atoms with Gasteiger partial charge in [0.25, 0.3) is 5.91 Å². The van der Waals surface area contributed by atoms with Gasteiger partial charge in [0, 0.05) is 0 Å². The van der Waals surface area contributed by atoms with Crippen LogP contribution >= 0.6 is 11.3 Å². The van der Waals surface area contributed by atoms with E-state index < -0.39 is 5.91 Å². The number of nitrogens with zero attached hydrogens (tertiary/aromatic N) is 1. The van der Waals surface area contributed by atoms with Gasteiger partial charge in [0.2, 0.25) is 0 Å². The molecule has 0 atom stereocenters. The molecular formula is C17H12N2O3S. The lowest BCUT2D eigenvalue weighted by Crippen LogP contribution is -2.10. The fraction of sp³-hybridized carbons (Fsp3) is 0.0588. The Morgan fingerprint density at radius 1 is 1.22 bits per heavy atom. The molecule has 23 heavy (non-hydrogen) atoms. The van der Waals surface area contributed by atoms with E-state index in [2.05, 4.69) is 5.32 Å². The van der Waals surface area contributed by atoms with Gasteiger partial charge in [0.1, 0.15) is 29.2 Å². The summed E-state index contributed by atoms with van der Waals surface area (Å²) in [6.45, 7) is 0.236. The molecule has 0 aliphatic carbocycles. The van der Waals surface area contributed by atoms with E-state index in [0.717, 1.165) is 5.75 Å². The molecule has 0 unspecified atom stereocenters. The number of nitriles is 1. The maximum absolute atomic E-state index is 12.1. The number of benzene rings is 1. The lowest BCUT2D eigenvalue weighted by Gasteiger charge is -2.03. The van der Waals surface area contributed by atoms with Crippen LogP contribution in [0.2, 0.25) is 0 Å². The van der Waals surface area contributed by atoms with Gasteiger partial charge in [-0.25, -0.2) is 0 Å². The molecule has 0 aliphatic heterocycles. The van der Waals surface area contributed by atoms with Gasteiger partial charge in [-0.3, -0.25) is 4.79 Å². The van der Waals surface area contributed by atoms with Crippen molar-refractivity contribution in [3.8, 4) is 11.8 Å². The first kappa shape index (κ1) is 14.9. The molecule has 3 rings (SSSR count). The van der Waals surface area contributed by atoms with Crippen molar-refractivity contribution in [1.29, 1.82) is 5.26 Å². The van der Waals surface area contributed by atoms with Crippen LogP contribution in [0.1, 0.15) is 21.9 Å². The number of nitrogens with one attached hydrogen (secondary N) is 1. The molecule has 6 heteroatoms. The summed E-state index contributed by atoms with van der Waals surface area (Å²) < 4.78 is 11.0. The normalized spacial score (nSPS) is 10.0. The second-order valence-corrected chi connectivity index (χ2v) is 5.51. The van der Waals surface area contributed by atoms with Crippen LogP contribution in [0.4, 0.5) is 5.00 Å². The summed E-state index contributed by atoms with van der Waals surface area (Å²) in [4.78, 5) is 12.1. The summed E-state index contributed by atoms with van der Waals surface area (Å²) in [5, 5.41) is 13.9. The summed E-state index contributed by atoms with van der Waals surface area (Å²) in [6.07, 6.45) is 0. The molecule has 0 bridgehead atoms. The number of amides is 1. The highest BCUT2D eigenvalue weighted by atomic mass is 32.1. The van der Waals surface area contributed by atoms with Crippen molar-refractivity contribution in [2.24, 2.45) is 0 Å². The lowest BCUT2D eigenvalue weighted by molar-refractivity contribution is 0.0993. The van der Waals surface area contributed by atoms with E-state index >= 15 is 0 Å². The predicted octanol–water partition coefficient (Wildman–Crippen LogP) is 4.04. The minimum absolute atomic E-state index is 0.175. The van der Waals surface area contributed by atoms with Crippen molar-refractivity contribution in [1.82, 2.24) is 0 Å². The average molecular weight is 324 g/mol. The average Bonchev–Trinajstić information content (AvgIpc) is 3.23. The fourth-order valence-electron chi connectivity index (χ4n) is 1.91. The molecule has 5 nitrogen and oxygen atoms in total. The number of carbonyl (C=O) groups is 1. The number of hydrogen-bond donors (Lipinski definition) is 1. The molecule has 0 saturated carbocycles. The van der Waals surface area contributed by atoms with E-state index in [0.29, 0.717) is 16.3 Å². The standard InChI is InChI=1S/C17H12N2O3S/c18-10-12-8-9-23-17(12)19-16(20)15-7-6-14(22-15)11-21-13-4-2-1-3-5-13/h1-9H,11H2,(H,19,20). The van der Waals surface area contributed by atoms with Crippen LogP contribution in [0, 0.1) is 11.3 Å². The molecule has 2 heterocycles. The predicted molar refractivity (Wildman–Crippen MR) is 86.5 cm³/mol. The lowest BCUT2D eigenvalue weighted by atomic mass is 10.3. The maximum atomic E-state index is 12.1. The Morgan fingerprint density at radius 2 is 2.04 bits per heavy atom. The maximum Gasteiger partial charge on any atom is 0.292 e. The van der Waals surface area contributed by atoms with Gasteiger partial charge in [0.15, 0.2) is 5.76 Å². The summed E-state index contributed by atoms with van der Waals surface area (Å²) in [5.41, 5.74) is 0.433. The van der Waals surface area contributed by atoms with Crippen LogP contribution in [-0.2, 0) is 6.61 Å². The van der Waals surface area contributed by atoms with Gasteiger partial charge >= 0.3 is 0 Å². The molecule has 3 aromatic rings. The van der Waals surface area contributed by atoms with Crippen molar-refractivity contribution < 1.29 is 13.9 Å². The third kappa shape index (κ3) is 3.59. The van der Waals surface area contributed by atoms with Crippen LogP contribution in [0.3, 0.4) is 0 Å². The van der Waals surface area contributed by atoms with Crippen molar-refractivity contribution in [2.75, 3.05) is 5.32 Å². The van der Waals surface area contributed by atoms with E-state index in [9.17, 15) is 4.79 Å². The van der Waals surface area contributed by atoms with Gasteiger partial charge in [0.05, 0.1) is 5.56 Å². The van der Waals surface area contributed by atoms with Gasteiger partial charge in [-0.1, -0.05) is 18.2 Å². The number of thiophene rings is 1. The van der Waals surface area contributed by atoms with E-state index in [4.69, 9.17) is 14.4 Å². The van der Waals surface area contributed by atoms with Crippen LogP contribution in [0.15, 0.2) is 58.3 Å². The molecule has 114 valence electrons. The smallest absolute Gasteiger partial charge is 0.292 e. The quantitative estimate of drug-likeness (QED) is 0.768. The zero-order valence-corrected chi connectivity index (χ0v) is 12.8. The molecule has 1 amide bonds. The summed E-state index contributed by atoms with van der Waals surface area (Å²) >= 11 is 1.29. The molecule has 0 radical (unpaired) electrons. The minimum atomic E-state index is -0.394. The molecule has 1 aromatic carbocycles. The Bertz CT molecular complexity index is 846. The molecule has 1 N–H and O–H groups in total. The number of rotatable bonds is 5. The summed E-state index contributed by atoms with van der Waals surface area (Å²) in [7, 11) is 0. The number of carbonyl (C=O) groups excluding carboxylic acids is 1. The SMILES string of the molecule is N#Cc1ccsc1NC(=O)c1ccc(COc2ccccc2)o1. The Hall–Kier alpha value is -3.04. The van der Waals surface area contributed by atoms with Crippen LogP contribution in [0.25, 0.3) is 0 Å².